The van der Waals surface area contributed by atoms with Gasteiger partial charge in [-0.25, -0.2) is 0 Å². The lowest BCUT2D eigenvalue weighted by Gasteiger charge is -2.44. The average Bonchev–Trinajstić information content (AvgIpc) is 0.744. The number of hydrogen-bond acceptors (Lipinski definition) is 7. The van der Waals surface area contributed by atoms with Crippen LogP contribution in [0, 0.1) is 0 Å². The minimum atomic E-state index is -0.291. The van der Waals surface area contributed by atoms with E-state index in [0.29, 0.717) is 0 Å². The topological polar surface area (TPSA) is 31.4 Å². The normalized spacial score (nSPS) is 13.2. The summed E-state index contributed by atoms with van der Waals surface area (Å²) in [5.74, 6) is 3.38. The highest BCUT2D eigenvalue weighted by molar-refractivity contribution is 8.00. The molecule has 0 atom stereocenters. The predicted molar refractivity (Wildman–Crippen MR) is 369 cm³/mol. The summed E-state index contributed by atoms with van der Waals surface area (Å²) >= 11 is 1.89. The maximum Gasteiger partial charge on any atom is 0.257 e. The van der Waals surface area contributed by atoms with Crippen molar-refractivity contribution in [2.24, 2.45) is 0 Å². The van der Waals surface area contributed by atoms with Gasteiger partial charge < -0.3 is 29.1 Å². The number of hydrogen-bond donors (Lipinski definition) is 0. The van der Waals surface area contributed by atoms with Crippen LogP contribution < -0.4 is 78.2 Å². The van der Waals surface area contributed by atoms with Crippen LogP contribution in [0.25, 0.3) is 0 Å². The highest BCUT2D eigenvalue weighted by Gasteiger charge is 2.50. The summed E-state index contributed by atoms with van der Waals surface area (Å²) < 4.78 is 15.1. The van der Waals surface area contributed by atoms with Gasteiger partial charge in [-0.15, -0.1) is 0 Å². The summed E-state index contributed by atoms with van der Waals surface area (Å²) in [5, 5.41) is 0. The first-order chi connectivity index (χ1) is 43.7. The molecule has 0 aromatic heterocycles. The van der Waals surface area contributed by atoms with E-state index in [-0.39, 0.29) is 20.1 Å². The van der Waals surface area contributed by atoms with Gasteiger partial charge in [-0.05, 0) is 159 Å². The van der Waals surface area contributed by atoms with Crippen LogP contribution >= 0.6 is 11.8 Å². The van der Waals surface area contributed by atoms with Crippen molar-refractivity contribution in [2.75, 3.05) is 19.6 Å². The number of benzene rings is 13. The van der Waals surface area contributed by atoms with Crippen LogP contribution in [0.15, 0.2) is 319 Å². The molecule has 13 aromatic rings. The first-order valence-corrected chi connectivity index (χ1v) is 31.0. The molecule has 0 aliphatic carbocycles. The van der Waals surface area contributed by atoms with Crippen LogP contribution in [-0.2, 0) is 0 Å². The van der Waals surface area contributed by atoms with Gasteiger partial charge in [0.2, 0.25) is 6.71 Å². The zero-order valence-electron chi connectivity index (χ0n) is 47.7. The quantitative estimate of drug-likeness (QED) is 0.133. The van der Waals surface area contributed by atoms with Gasteiger partial charge in [-0.2, -0.15) is 0 Å². The van der Waals surface area contributed by atoms with E-state index >= 15 is 0 Å². The molecule has 6 nitrogen and oxygen atoms in total. The molecule has 0 saturated carbocycles. The molecule has 0 bridgehead atoms. The van der Waals surface area contributed by atoms with Gasteiger partial charge in [-0.3, -0.25) is 0 Å². The minimum Gasteiger partial charge on any atom is -0.459 e. The fraction of sp³-hybridized carbons (Fsp3) is 0. The van der Waals surface area contributed by atoms with Crippen molar-refractivity contribution in [1.29, 1.82) is 0 Å². The SMILES string of the molecule is c1ccc(N(c2ccccc2)c2cc3c4c(c2)N(c2ccccc2)c2ccccc2B4c2cc4c(c(B5c6ccccc6Oc6ccccc65)c2O3)Sc2cc(N(c3ccccc3)c3ccccc3)cc3c2B4c2ccccc2N3c2ccccc2)cc1. The maximum absolute atomic E-state index is 8.16. The molecule has 13 aromatic carbocycles. The van der Waals surface area contributed by atoms with Crippen molar-refractivity contribution < 1.29 is 9.47 Å². The zero-order chi connectivity index (χ0) is 57.8. The summed E-state index contributed by atoms with van der Waals surface area (Å²) in [5.41, 5.74) is 23.6. The summed E-state index contributed by atoms with van der Waals surface area (Å²) in [6.45, 7) is -0.690. The molecule has 0 spiro atoms. The number of ether oxygens (including phenoxy) is 2. The minimum absolute atomic E-state index is 0.170. The molecule has 0 amide bonds. The molecule has 410 valence electrons. The van der Waals surface area contributed by atoms with Gasteiger partial charge >= 0.3 is 0 Å². The van der Waals surface area contributed by atoms with E-state index in [1.54, 1.807) is 0 Å². The Balaban J connectivity index is 0.962. The Morgan fingerprint density at radius 1 is 0.273 bits per heavy atom. The van der Waals surface area contributed by atoms with Gasteiger partial charge in [0.15, 0.2) is 0 Å². The number of anilines is 12. The Morgan fingerprint density at radius 2 is 0.659 bits per heavy atom. The fourth-order valence-corrected chi connectivity index (χ4v) is 16.0. The van der Waals surface area contributed by atoms with Gasteiger partial charge in [0.25, 0.3) is 13.4 Å². The van der Waals surface area contributed by atoms with Crippen molar-refractivity contribution in [1.82, 2.24) is 0 Å². The summed E-state index contributed by atoms with van der Waals surface area (Å²) in [6, 6.07) is 112. The van der Waals surface area contributed by atoms with E-state index in [1.165, 1.54) is 31.6 Å². The molecule has 5 aliphatic rings. The summed E-state index contributed by atoms with van der Waals surface area (Å²) in [7, 11) is 0. The predicted octanol–water partition coefficient (Wildman–Crippen LogP) is 14.4. The van der Waals surface area contributed by atoms with Gasteiger partial charge in [0.1, 0.15) is 23.0 Å². The largest absolute Gasteiger partial charge is 0.459 e. The average molecular weight is 1140 g/mol. The molecule has 0 fully saturated rings. The molecular weight excluding hydrogens is 1090 g/mol. The number of nitrogens with zero attached hydrogens (tertiary/aromatic N) is 4. The molecule has 5 heterocycles. The van der Waals surface area contributed by atoms with E-state index < -0.39 is 0 Å². The van der Waals surface area contributed by atoms with Crippen LogP contribution in [0.3, 0.4) is 0 Å². The smallest absolute Gasteiger partial charge is 0.257 e. The Hall–Kier alpha value is -10.8. The van der Waals surface area contributed by atoms with Crippen molar-refractivity contribution in [3.63, 3.8) is 0 Å². The number of rotatable bonds is 9. The third-order valence-corrected chi connectivity index (χ3v) is 19.4. The lowest BCUT2D eigenvalue weighted by atomic mass is 9.28. The van der Waals surface area contributed by atoms with Gasteiger partial charge in [0.05, 0.1) is 5.69 Å². The highest BCUT2D eigenvalue weighted by Crippen LogP contribution is 2.50. The standard InChI is InChI=1S/C78H51B3N4O2S/c1-7-27-52(28-8-1)82(53-29-9-2-10-30-53)58-47-68-74-72(49-58)87-77-64(79(74)60-39-19-23-43-66(60)84(68)56-35-15-5-16-36-56)51-65-78(76(77)81-62-41-21-25-45-70(62)86-71-46-26-22-42-63(71)81)88-73-50-59(83(54-31-11-3-12-32-54)55-33-13-4-14-34-55)48-69-75(73)80(65)61-40-20-24-44-67(61)85(69)57-37-17-6-18-38-57/h1-51H. The highest BCUT2D eigenvalue weighted by atomic mass is 32.2. The van der Waals surface area contributed by atoms with Crippen molar-refractivity contribution in [3.8, 4) is 23.0 Å². The molecule has 5 aliphatic heterocycles. The van der Waals surface area contributed by atoms with Crippen molar-refractivity contribution in [2.45, 2.75) is 9.79 Å². The summed E-state index contributed by atoms with van der Waals surface area (Å²) in [4.78, 5) is 12.1. The van der Waals surface area contributed by atoms with Crippen LogP contribution in [0.5, 0.6) is 23.0 Å². The Morgan fingerprint density at radius 3 is 1.15 bits per heavy atom. The fourth-order valence-electron chi connectivity index (χ4n) is 14.6. The number of para-hydroxylation sites is 10. The molecule has 0 unspecified atom stereocenters. The second-order valence-corrected chi connectivity index (χ2v) is 24.1. The van der Waals surface area contributed by atoms with E-state index in [9.17, 15) is 0 Å². The number of fused-ring (bicyclic) bond motifs is 10. The Labute approximate surface area is 517 Å². The van der Waals surface area contributed by atoms with E-state index in [1.807, 2.05) is 11.8 Å². The zero-order valence-corrected chi connectivity index (χ0v) is 48.5. The maximum atomic E-state index is 8.16. The summed E-state index contributed by atoms with van der Waals surface area (Å²) in [6.07, 6.45) is 0. The second kappa shape index (κ2) is 20.4. The third kappa shape index (κ3) is 7.88. The molecule has 88 heavy (non-hydrogen) atoms. The Kier molecular flexibility index (Phi) is 11.7. The molecule has 0 saturated heterocycles. The first kappa shape index (κ1) is 50.5. The van der Waals surface area contributed by atoms with Crippen LogP contribution in [0.1, 0.15) is 0 Å². The third-order valence-electron chi connectivity index (χ3n) is 18.2. The van der Waals surface area contributed by atoms with Crippen molar-refractivity contribution in [3.05, 3.63) is 309 Å². The van der Waals surface area contributed by atoms with E-state index in [4.69, 9.17) is 9.47 Å². The molecule has 10 heteroatoms. The van der Waals surface area contributed by atoms with Gasteiger partial charge in [-0.1, -0.05) is 205 Å². The van der Waals surface area contributed by atoms with E-state index in [0.717, 1.165) is 119 Å². The Bertz CT molecular complexity index is 4510. The van der Waals surface area contributed by atoms with Crippen LogP contribution in [0.4, 0.5) is 68.2 Å². The van der Waals surface area contributed by atoms with Crippen LogP contribution in [0.2, 0.25) is 0 Å². The second-order valence-electron chi connectivity index (χ2n) is 23.0. The van der Waals surface area contributed by atoms with Crippen LogP contribution in [-0.4, -0.2) is 20.1 Å². The van der Waals surface area contributed by atoms with Gasteiger partial charge in [0, 0.05) is 78.4 Å². The lowest BCUT2D eigenvalue weighted by molar-refractivity contribution is 0.486. The lowest BCUT2D eigenvalue weighted by Crippen LogP contribution is -2.67. The molecule has 18 rings (SSSR count). The molecule has 0 N–H and O–H groups in total. The monoisotopic (exact) mass is 1140 g/mol. The first-order valence-electron chi connectivity index (χ1n) is 30.2. The van der Waals surface area contributed by atoms with E-state index in [2.05, 4.69) is 329 Å². The molecule has 0 radical (unpaired) electrons. The molecular formula is C78H51B3N4O2S. The van der Waals surface area contributed by atoms with Crippen molar-refractivity contribution >= 4 is 149 Å².